The van der Waals surface area contributed by atoms with Gasteiger partial charge in [0.2, 0.25) is 0 Å². The third kappa shape index (κ3) is 12.1. The van der Waals surface area contributed by atoms with E-state index in [1.165, 1.54) is 23.1 Å². The van der Waals surface area contributed by atoms with E-state index in [1.807, 2.05) is 25.8 Å². The van der Waals surface area contributed by atoms with Crippen molar-refractivity contribution in [3.8, 4) is 5.75 Å². The van der Waals surface area contributed by atoms with Gasteiger partial charge in [-0.3, -0.25) is 9.69 Å². The molecule has 0 aromatic heterocycles. The van der Waals surface area contributed by atoms with Gasteiger partial charge in [-0.1, -0.05) is 19.1 Å². The van der Waals surface area contributed by atoms with Crippen molar-refractivity contribution in [2.24, 2.45) is 5.92 Å². The molecule has 0 saturated heterocycles. The molecule has 0 bridgehead atoms. The minimum Gasteiger partial charge on any atom is -0.490 e. The van der Waals surface area contributed by atoms with E-state index in [9.17, 15) is 41.0 Å². The number of likely N-dealkylation sites (N-methyl/N-ethyl adjacent to an activating group) is 1. The van der Waals surface area contributed by atoms with Gasteiger partial charge >= 0.3 is 18.4 Å². The zero-order chi connectivity index (χ0) is 38.9. The fourth-order valence-electron chi connectivity index (χ4n) is 5.98. The monoisotopic (exact) mass is 752 g/mol. The number of alkyl halides is 6. The highest BCUT2D eigenvalue weighted by Crippen LogP contribution is 2.32. The van der Waals surface area contributed by atoms with Crippen molar-refractivity contribution in [2.75, 3.05) is 44.0 Å². The molecule has 0 unspecified atom stereocenters. The summed E-state index contributed by atoms with van der Waals surface area (Å²) < 4.78 is 90.7. The van der Waals surface area contributed by atoms with Gasteiger partial charge in [0.05, 0.1) is 41.5 Å². The third-order valence-electron chi connectivity index (χ3n) is 9.00. The number of amides is 3. The molecule has 4 rings (SSSR count). The molecule has 9 nitrogen and oxygen atoms in total. The minimum atomic E-state index is -4.52. The molecule has 3 aromatic rings. The Morgan fingerprint density at radius 1 is 0.925 bits per heavy atom. The second-order valence-electron chi connectivity index (χ2n) is 13.6. The number of rotatable bonds is 8. The van der Waals surface area contributed by atoms with Crippen molar-refractivity contribution >= 4 is 23.3 Å². The summed E-state index contributed by atoms with van der Waals surface area (Å²) >= 11 is 0. The Morgan fingerprint density at radius 2 is 1.51 bits per heavy atom. The van der Waals surface area contributed by atoms with E-state index < -0.39 is 41.5 Å². The molecule has 0 radical (unpaired) electrons. The normalized spacial score (nSPS) is 19.9. The van der Waals surface area contributed by atoms with Gasteiger partial charge in [0, 0.05) is 43.5 Å². The first-order valence-corrected chi connectivity index (χ1v) is 17.4. The highest BCUT2D eigenvalue weighted by atomic mass is 19.4. The van der Waals surface area contributed by atoms with Gasteiger partial charge in [0.1, 0.15) is 5.75 Å². The van der Waals surface area contributed by atoms with Gasteiger partial charge in [-0.15, -0.1) is 0 Å². The Balaban J connectivity index is 1.55. The number of aliphatic hydroxyl groups excluding tert-OH is 1. The largest absolute Gasteiger partial charge is 0.490 e. The standard InChI is InChI=1S/C38H46F6N4O5/c1-24-20-48(25(2)23-49)35(50)32-19-31(46-36(51)45-30-14-12-29(13-15-30)38(42,43)44)16-17-33(32)53-26(3)7-5-6-18-52-34(24)22-47(4)21-27-8-10-28(11-9-27)37(39,40)41/h8-17,19,24-26,34,49H,5-7,18,20-23H2,1-4H3,(H2,45,46,51)/t24-,25-,26+,34-/m0/s1. The van der Waals surface area contributed by atoms with Crippen molar-refractivity contribution in [3.63, 3.8) is 0 Å². The maximum atomic E-state index is 14.4. The van der Waals surface area contributed by atoms with Gasteiger partial charge < -0.3 is 30.1 Å². The molecule has 1 aliphatic rings. The Labute approximate surface area is 305 Å². The molecule has 0 spiro atoms. The van der Waals surface area contributed by atoms with E-state index in [0.29, 0.717) is 31.7 Å². The zero-order valence-corrected chi connectivity index (χ0v) is 30.1. The van der Waals surface area contributed by atoms with Crippen LogP contribution in [-0.2, 0) is 23.6 Å². The van der Waals surface area contributed by atoms with E-state index in [4.69, 9.17) is 9.47 Å². The van der Waals surface area contributed by atoms with Gasteiger partial charge in [0.15, 0.2) is 0 Å². The number of nitrogens with zero attached hydrogens (tertiary/aromatic N) is 2. The first-order valence-electron chi connectivity index (χ1n) is 17.4. The fourth-order valence-corrected chi connectivity index (χ4v) is 5.98. The summed E-state index contributed by atoms with van der Waals surface area (Å²) in [5.41, 5.74) is -0.412. The number of urea groups is 1. The number of hydrogen-bond acceptors (Lipinski definition) is 6. The van der Waals surface area contributed by atoms with Gasteiger partial charge in [-0.2, -0.15) is 26.3 Å². The SMILES string of the molecule is C[C@@H]1CCCCO[C@@H](CN(C)Cc2ccc(C(F)(F)F)cc2)[C@@H](C)CN([C@@H](C)CO)C(=O)c2cc(NC(=O)Nc3ccc(C(F)(F)F)cc3)ccc2O1. The number of nitrogens with one attached hydrogen (secondary N) is 2. The highest BCUT2D eigenvalue weighted by molar-refractivity contribution is 6.02. The number of fused-ring (bicyclic) bond motifs is 1. The summed E-state index contributed by atoms with van der Waals surface area (Å²) in [5.74, 6) is -0.452. The summed E-state index contributed by atoms with van der Waals surface area (Å²) in [5, 5.41) is 15.3. The summed E-state index contributed by atoms with van der Waals surface area (Å²) in [6.45, 7) is 6.54. The molecule has 4 atom stereocenters. The summed E-state index contributed by atoms with van der Waals surface area (Å²) in [7, 11) is 1.84. The molecule has 53 heavy (non-hydrogen) atoms. The fraction of sp³-hybridized carbons (Fsp3) is 0.474. The van der Waals surface area contributed by atoms with Crippen molar-refractivity contribution in [1.29, 1.82) is 0 Å². The summed E-state index contributed by atoms with van der Waals surface area (Å²) in [4.78, 5) is 30.7. The molecular formula is C38H46F6N4O5. The van der Waals surface area contributed by atoms with Crippen LogP contribution in [0.5, 0.6) is 5.75 Å². The number of ether oxygens (including phenoxy) is 2. The first kappa shape index (κ1) is 41.4. The van der Waals surface area contributed by atoms with Crippen LogP contribution in [0.3, 0.4) is 0 Å². The number of benzene rings is 3. The maximum Gasteiger partial charge on any atom is 0.416 e. The molecule has 0 saturated carbocycles. The number of hydrogen-bond donors (Lipinski definition) is 3. The van der Waals surface area contributed by atoms with Crippen LogP contribution in [0.2, 0.25) is 0 Å². The van der Waals surface area contributed by atoms with E-state index >= 15 is 0 Å². The number of carbonyl (C=O) groups is 2. The molecule has 1 heterocycles. The summed E-state index contributed by atoms with van der Waals surface area (Å²) in [6, 6.07) is 12.2. The van der Waals surface area contributed by atoms with Crippen LogP contribution in [0.4, 0.5) is 42.5 Å². The van der Waals surface area contributed by atoms with E-state index in [-0.39, 0.29) is 54.0 Å². The molecule has 290 valence electrons. The Bertz CT molecular complexity index is 1650. The molecule has 0 aliphatic carbocycles. The number of halogens is 6. The predicted molar refractivity (Wildman–Crippen MR) is 189 cm³/mol. The van der Waals surface area contributed by atoms with Crippen LogP contribution < -0.4 is 15.4 Å². The zero-order valence-electron chi connectivity index (χ0n) is 30.1. The van der Waals surface area contributed by atoms with Crippen LogP contribution in [0.1, 0.15) is 67.1 Å². The molecular weight excluding hydrogens is 706 g/mol. The van der Waals surface area contributed by atoms with Crippen molar-refractivity contribution in [2.45, 2.75) is 77.2 Å². The van der Waals surface area contributed by atoms with Crippen molar-refractivity contribution < 1.29 is 50.5 Å². The Morgan fingerprint density at radius 3 is 2.11 bits per heavy atom. The number of carbonyl (C=O) groups excluding carboxylic acids is 2. The molecule has 3 aromatic carbocycles. The van der Waals surface area contributed by atoms with E-state index in [2.05, 4.69) is 10.6 Å². The molecule has 15 heteroatoms. The van der Waals surface area contributed by atoms with Crippen LogP contribution >= 0.6 is 0 Å². The Hall–Kier alpha value is -4.34. The highest BCUT2D eigenvalue weighted by Gasteiger charge is 2.32. The van der Waals surface area contributed by atoms with Gasteiger partial charge in [-0.05, 0) is 100 Å². The van der Waals surface area contributed by atoms with Crippen molar-refractivity contribution in [1.82, 2.24) is 9.80 Å². The summed E-state index contributed by atoms with van der Waals surface area (Å²) in [6.07, 6.45) is -7.47. The lowest BCUT2D eigenvalue weighted by atomic mass is 10.0. The average Bonchev–Trinajstić information content (AvgIpc) is 3.09. The lowest BCUT2D eigenvalue weighted by Gasteiger charge is -2.36. The topological polar surface area (TPSA) is 103 Å². The van der Waals surface area contributed by atoms with Gasteiger partial charge in [-0.25, -0.2) is 4.79 Å². The quantitative estimate of drug-likeness (QED) is 0.200. The second-order valence-corrected chi connectivity index (χ2v) is 13.6. The first-order chi connectivity index (χ1) is 24.9. The van der Waals surface area contributed by atoms with Crippen LogP contribution in [0.25, 0.3) is 0 Å². The van der Waals surface area contributed by atoms with Crippen LogP contribution in [0.15, 0.2) is 66.7 Å². The van der Waals surface area contributed by atoms with Crippen LogP contribution in [-0.4, -0.2) is 78.4 Å². The maximum absolute atomic E-state index is 14.4. The smallest absolute Gasteiger partial charge is 0.416 e. The second kappa shape index (κ2) is 18.1. The average molecular weight is 753 g/mol. The molecule has 3 amide bonds. The lowest BCUT2D eigenvalue weighted by molar-refractivity contribution is -0.138. The minimum absolute atomic E-state index is 0.126. The predicted octanol–water partition coefficient (Wildman–Crippen LogP) is 8.30. The molecule has 1 aliphatic heterocycles. The van der Waals surface area contributed by atoms with Gasteiger partial charge in [0.25, 0.3) is 5.91 Å². The van der Waals surface area contributed by atoms with Crippen LogP contribution in [0, 0.1) is 5.92 Å². The van der Waals surface area contributed by atoms with E-state index in [0.717, 1.165) is 49.2 Å². The lowest BCUT2D eigenvalue weighted by Crippen LogP contribution is -2.47. The number of aliphatic hydroxyl groups is 1. The Kier molecular flexibility index (Phi) is 14.2. The van der Waals surface area contributed by atoms with E-state index in [1.54, 1.807) is 19.1 Å². The van der Waals surface area contributed by atoms with Crippen molar-refractivity contribution in [3.05, 3.63) is 89.0 Å². The molecule has 3 N–H and O–H groups in total. The third-order valence-corrected chi connectivity index (χ3v) is 9.00. The number of anilines is 2. The molecule has 0 fully saturated rings.